The molecular weight excluding hydrogens is 190 g/mol. The van der Waals surface area contributed by atoms with Gasteiger partial charge < -0.3 is 4.74 Å². The zero-order valence-electron chi connectivity index (χ0n) is 8.65. The molecule has 3 heteroatoms. The number of nitrogens with zero attached hydrogens (tertiary/aromatic N) is 1. The molecule has 1 aromatic carbocycles. The van der Waals surface area contributed by atoms with E-state index in [1.165, 1.54) is 0 Å². The Morgan fingerprint density at radius 3 is 2.80 bits per heavy atom. The second kappa shape index (κ2) is 3.69. The average molecular weight is 201 g/mol. The minimum Gasteiger partial charge on any atom is -0.494 e. The summed E-state index contributed by atoms with van der Waals surface area (Å²) in [6.07, 6.45) is 2.56. The summed E-state index contributed by atoms with van der Waals surface area (Å²) < 4.78 is 5.20. The van der Waals surface area contributed by atoms with Crippen LogP contribution in [0.5, 0.6) is 5.75 Å². The molecule has 0 saturated carbocycles. The van der Waals surface area contributed by atoms with Gasteiger partial charge in [-0.2, -0.15) is 0 Å². The van der Waals surface area contributed by atoms with Crippen LogP contribution < -0.4 is 4.74 Å². The van der Waals surface area contributed by atoms with Crippen molar-refractivity contribution in [1.82, 2.24) is 4.98 Å². The summed E-state index contributed by atoms with van der Waals surface area (Å²) in [5, 5.41) is 0.867. The summed E-state index contributed by atoms with van der Waals surface area (Å²) >= 11 is 0. The summed E-state index contributed by atoms with van der Waals surface area (Å²) in [6.45, 7) is 1.95. The van der Waals surface area contributed by atoms with Crippen LogP contribution in [0.25, 0.3) is 10.9 Å². The molecule has 0 bridgehead atoms. The van der Waals surface area contributed by atoms with Crippen molar-refractivity contribution in [2.45, 2.75) is 6.92 Å². The second-order valence-corrected chi connectivity index (χ2v) is 3.33. The van der Waals surface area contributed by atoms with E-state index >= 15 is 0 Å². The standard InChI is InChI=1S/C12H11NO2/c1-8-5-6-13-12-10(15-2)4-3-9(7-14)11(8)12/h3-7H,1-2H3. The van der Waals surface area contributed by atoms with Crippen LogP contribution in [-0.4, -0.2) is 18.4 Å². The van der Waals surface area contributed by atoms with Gasteiger partial charge in [0.25, 0.3) is 0 Å². The number of hydrogen-bond donors (Lipinski definition) is 0. The van der Waals surface area contributed by atoms with Crippen molar-refractivity contribution in [2.24, 2.45) is 0 Å². The Morgan fingerprint density at radius 2 is 2.13 bits per heavy atom. The van der Waals surface area contributed by atoms with Gasteiger partial charge in [-0.1, -0.05) is 0 Å². The number of ether oxygens (including phenoxy) is 1. The number of fused-ring (bicyclic) bond motifs is 1. The van der Waals surface area contributed by atoms with Crippen LogP contribution in [-0.2, 0) is 0 Å². The minimum atomic E-state index is 0.649. The molecular formula is C12H11NO2. The first-order chi connectivity index (χ1) is 7.27. The summed E-state index contributed by atoms with van der Waals surface area (Å²) in [6, 6.07) is 5.40. The van der Waals surface area contributed by atoms with Crippen molar-refractivity contribution in [3.63, 3.8) is 0 Å². The van der Waals surface area contributed by atoms with E-state index in [1.54, 1.807) is 25.4 Å². The van der Waals surface area contributed by atoms with E-state index in [-0.39, 0.29) is 0 Å². The molecule has 0 aliphatic rings. The topological polar surface area (TPSA) is 39.2 Å². The lowest BCUT2D eigenvalue weighted by Crippen LogP contribution is -1.93. The zero-order chi connectivity index (χ0) is 10.8. The maximum atomic E-state index is 10.9. The van der Waals surface area contributed by atoms with Gasteiger partial charge in [0.05, 0.1) is 7.11 Å². The van der Waals surface area contributed by atoms with Crippen LogP contribution in [0.15, 0.2) is 24.4 Å². The summed E-state index contributed by atoms with van der Waals surface area (Å²) in [5.41, 5.74) is 2.42. The summed E-state index contributed by atoms with van der Waals surface area (Å²) in [7, 11) is 1.60. The van der Waals surface area contributed by atoms with Gasteiger partial charge in [0.15, 0.2) is 6.29 Å². The van der Waals surface area contributed by atoms with E-state index in [0.717, 1.165) is 22.8 Å². The molecule has 0 unspecified atom stereocenters. The smallest absolute Gasteiger partial charge is 0.150 e. The highest BCUT2D eigenvalue weighted by atomic mass is 16.5. The fourth-order valence-corrected chi connectivity index (χ4v) is 1.70. The molecule has 2 rings (SSSR count). The highest BCUT2D eigenvalue weighted by Crippen LogP contribution is 2.27. The molecule has 0 saturated heterocycles. The molecule has 0 aliphatic carbocycles. The van der Waals surface area contributed by atoms with Crippen LogP contribution in [0.1, 0.15) is 15.9 Å². The maximum absolute atomic E-state index is 10.9. The van der Waals surface area contributed by atoms with Gasteiger partial charge in [0, 0.05) is 17.1 Å². The fraction of sp³-hybridized carbons (Fsp3) is 0.167. The minimum absolute atomic E-state index is 0.649. The average Bonchev–Trinajstić information content (AvgIpc) is 2.28. The third kappa shape index (κ3) is 1.46. The lowest BCUT2D eigenvalue weighted by molar-refractivity contribution is 0.112. The van der Waals surface area contributed by atoms with Crippen LogP contribution >= 0.6 is 0 Å². The van der Waals surface area contributed by atoms with E-state index < -0.39 is 0 Å². The first kappa shape index (κ1) is 9.65. The molecule has 0 fully saturated rings. The highest BCUT2D eigenvalue weighted by molar-refractivity contribution is 6.00. The van der Waals surface area contributed by atoms with E-state index in [2.05, 4.69) is 4.98 Å². The first-order valence-electron chi connectivity index (χ1n) is 4.65. The van der Waals surface area contributed by atoms with Gasteiger partial charge in [0.1, 0.15) is 11.3 Å². The van der Waals surface area contributed by atoms with Gasteiger partial charge in [-0.3, -0.25) is 9.78 Å². The zero-order valence-corrected chi connectivity index (χ0v) is 8.65. The van der Waals surface area contributed by atoms with Crippen molar-refractivity contribution in [2.75, 3.05) is 7.11 Å². The number of aromatic nitrogens is 1. The number of carbonyl (C=O) groups excluding carboxylic acids is 1. The molecule has 0 radical (unpaired) electrons. The lowest BCUT2D eigenvalue weighted by Gasteiger charge is -2.08. The highest BCUT2D eigenvalue weighted by Gasteiger charge is 2.08. The predicted molar refractivity (Wildman–Crippen MR) is 58.4 cm³/mol. The number of carbonyl (C=O) groups is 1. The number of aldehydes is 1. The van der Waals surface area contributed by atoms with Crippen LogP contribution in [0.3, 0.4) is 0 Å². The Labute approximate surface area is 87.7 Å². The molecule has 0 spiro atoms. The van der Waals surface area contributed by atoms with Gasteiger partial charge in [-0.25, -0.2) is 0 Å². The van der Waals surface area contributed by atoms with Gasteiger partial charge in [-0.15, -0.1) is 0 Å². The number of rotatable bonds is 2. The van der Waals surface area contributed by atoms with Crippen molar-refractivity contribution < 1.29 is 9.53 Å². The Kier molecular flexibility index (Phi) is 2.37. The number of hydrogen-bond acceptors (Lipinski definition) is 3. The Morgan fingerprint density at radius 1 is 1.33 bits per heavy atom. The molecule has 15 heavy (non-hydrogen) atoms. The molecule has 76 valence electrons. The van der Waals surface area contributed by atoms with Crippen LogP contribution in [0.4, 0.5) is 0 Å². The first-order valence-corrected chi connectivity index (χ1v) is 4.65. The summed E-state index contributed by atoms with van der Waals surface area (Å²) in [5.74, 6) is 0.694. The van der Waals surface area contributed by atoms with Crippen molar-refractivity contribution >= 4 is 17.2 Å². The SMILES string of the molecule is COc1ccc(C=O)c2c(C)ccnc12. The van der Waals surface area contributed by atoms with E-state index in [4.69, 9.17) is 4.74 Å². The molecule has 3 nitrogen and oxygen atoms in total. The third-order valence-corrected chi connectivity index (χ3v) is 2.44. The summed E-state index contributed by atoms with van der Waals surface area (Å²) in [4.78, 5) is 15.1. The lowest BCUT2D eigenvalue weighted by atomic mass is 10.0. The molecule has 1 aromatic heterocycles. The molecule has 0 amide bonds. The Hall–Kier alpha value is -1.90. The number of benzene rings is 1. The molecule has 0 atom stereocenters. The van der Waals surface area contributed by atoms with Gasteiger partial charge >= 0.3 is 0 Å². The second-order valence-electron chi connectivity index (χ2n) is 3.33. The monoisotopic (exact) mass is 201 g/mol. The molecule has 0 aliphatic heterocycles. The third-order valence-electron chi connectivity index (χ3n) is 2.44. The molecule has 0 N–H and O–H groups in total. The van der Waals surface area contributed by atoms with Crippen molar-refractivity contribution in [3.8, 4) is 5.75 Å². The van der Waals surface area contributed by atoms with Crippen molar-refractivity contribution in [1.29, 1.82) is 0 Å². The fourth-order valence-electron chi connectivity index (χ4n) is 1.70. The van der Waals surface area contributed by atoms with Crippen LogP contribution in [0.2, 0.25) is 0 Å². The quantitative estimate of drug-likeness (QED) is 0.700. The Bertz CT molecular complexity index is 520. The van der Waals surface area contributed by atoms with Gasteiger partial charge in [0.2, 0.25) is 0 Å². The molecule has 2 aromatic rings. The van der Waals surface area contributed by atoms with E-state index in [1.807, 2.05) is 13.0 Å². The van der Waals surface area contributed by atoms with E-state index in [9.17, 15) is 4.79 Å². The largest absolute Gasteiger partial charge is 0.494 e. The van der Waals surface area contributed by atoms with Gasteiger partial charge in [-0.05, 0) is 30.7 Å². The number of aryl methyl sites for hydroxylation is 1. The Balaban J connectivity index is 2.92. The normalized spacial score (nSPS) is 10.3. The number of methoxy groups -OCH3 is 1. The predicted octanol–water partition coefficient (Wildman–Crippen LogP) is 2.36. The van der Waals surface area contributed by atoms with Crippen LogP contribution in [0, 0.1) is 6.92 Å². The number of pyridine rings is 1. The van der Waals surface area contributed by atoms with Crippen molar-refractivity contribution in [3.05, 3.63) is 35.5 Å². The maximum Gasteiger partial charge on any atom is 0.150 e. The molecule has 1 heterocycles. The van der Waals surface area contributed by atoms with E-state index in [0.29, 0.717) is 11.3 Å².